The molecule has 0 heterocycles. The summed E-state index contributed by atoms with van der Waals surface area (Å²) in [6, 6.07) is 4.74. The normalized spacial score (nSPS) is 10.6. The fraction of sp³-hybridized carbons (Fsp3) is 0.300. The van der Waals surface area contributed by atoms with Crippen LogP contribution in [0.3, 0.4) is 0 Å². The minimum atomic E-state index is -0.209. The second-order valence-corrected chi connectivity index (χ2v) is 3.00. The molecule has 0 saturated heterocycles. The van der Waals surface area contributed by atoms with E-state index in [0.717, 1.165) is 11.1 Å². The molecule has 1 aromatic carbocycles. The first kappa shape index (κ1) is 8.25. The van der Waals surface area contributed by atoms with Crippen LogP contribution < -0.4 is 0 Å². The summed E-state index contributed by atoms with van der Waals surface area (Å²) >= 11 is 0. The summed E-state index contributed by atoms with van der Waals surface area (Å²) in [5.41, 5.74) is 1.91. The summed E-state index contributed by atoms with van der Waals surface area (Å²) < 4.78 is 12.6. The second kappa shape index (κ2) is 3.04. The lowest BCUT2D eigenvalue weighted by molar-refractivity contribution is 0.625. The number of halogens is 1. The molecule has 0 aromatic heterocycles. The average molecular weight is 151 g/mol. The molecule has 0 aliphatic heterocycles. The van der Waals surface area contributed by atoms with Gasteiger partial charge in [-0.05, 0) is 36.1 Å². The van der Waals surface area contributed by atoms with Crippen LogP contribution >= 0.6 is 0 Å². The topological polar surface area (TPSA) is 0 Å². The lowest BCUT2D eigenvalue weighted by Crippen LogP contribution is -1.91. The van der Waals surface area contributed by atoms with Gasteiger partial charge >= 0.3 is 0 Å². The lowest BCUT2D eigenvalue weighted by Gasteiger charge is -2.08. The van der Waals surface area contributed by atoms with Gasteiger partial charge in [-0.15, -0.1) is 0 Å². The molecule has 0 N–H and O–H groups in total. The van der Waals surface area contributed by atoms with Gasteiger partial charge in [-0.25, -0.2) is 4.39 Å². The molecular weight excluding hydrogens is 139 g/mol. The highest BCUT2D eigenvalue weighted by atomic mass is 19.1. The van der Waals surface area contributed by atoms with Crippen molar-refractivity contribution in [2.24, 2.45) is 0 Å². The zero-order valence-corrected chi connectivity index (χ0v) is 6.89. The second-order valence-electron chi connectivity index (χ2n) is 3.00. The van der Waals surface area contributed by atoms with Crippen molar-refractivity contribution in [3.8, 4) is 0 Å². The van der Waals surface area contributed by atoms with Gasteiger partial charge in [0.2, 0.25) is 0 Å². The van der Waals surface area contributed by atoms with Gasteiger partial charge < -0.3 is 0 Å². The molecule has 59 valence electrons. The summed E-state index contributed by atoms with van der Waals surface area (Å²) in [7, 11) is 0. The molecule has 0 spiro atoms. The minimum Gasteiger partial charge on any atom is -0.207 e. The van der Waals surface area contributed by atoms with Crippen LogP contribution in [0.2, 0.25) is 0 Å². The van der Waals surface area contributed by atoms with Gasteiger partial charge in [0.25, 0.3) is 0 Å². The zero-order chi connectivity index (χ0) is 8.43. The van der Waals surface area contributed by atoms with Crippen LogP contribution in [0.4, 0.5) is 4.39 Å². The van der Waals surface area contributed by atoms with Crippen molar-refractivity contribution in [3.05, 3.63) is 42.1 Å². The summed E-state index contributed by atoms with van der Waals surface area (Å²) in [4.78, 5) is 0. The molecule has 1 heteroatoms. The molecule has 0 atom stereocenters. The molecule has 0 aliphatic rings. The highest BCUT2D eigenvalue weighted by Gasteiger charge is 2.02. The first-order valence-corrected chi connectivity index (χ1v) is 3.72. The molecule has 11 heavy (non-hydrogen) atoms. The third kappa shape index (κ3) is 1.79. The number of benzene rings is 1. The van der Waals surface area contributed by atoms with E-state index in [0.29, 0.717) is 5.92 Å². The van der Waals surface area contributed by atoms with Crippen molar-refractivity contribution in [3.63, 3.8) is 0 Å². The van der Waals surface area contributed by atoms with Crippen LogP contribution in [0.5, 0.6) is 0 Å². The van der Waals surface area contributed by atoms with Gasteiger partial charge in [0.15, 0.2) is 0 Å². The van der Waals surface area contributed by atoms with Crippen LogP contribution in [-0.2, 0) is 0 Å². The Kier molecular flexibility index (Phi) is 2.28. The smallest absolute Gasteiger partial charge is 0.123 e. The van der Waals surface area contributed by atoms with Crippen molar-refractivity contribution in [2.45, 2.75) is 19.8 Å². The highest BCUT2D eigenvalue weighted by molar-refractivity contribution is 5.32. The van der Waals surface area contributed by atoms with Crippen molar-refractivity contribution in [1.82, 2.24) is 0 Å². The SMILES string of the molecule is [CH2]c1cc(F)ccc1C(C)C. The first-order valence-electron chi connectivity index (χ1n) is 3.72. The largest absolute Gasteiger partial charge is 0.207 e. The lowest BCUT2D eigenvalue weighted by atomic mass is 9.98. The van der Waals surface area contributed by atoms with E-state index in [-0.39, 0.29) is 5.82 Å². The van der Waals surface area contributed by atoms with Crippen molar-refractivity contribution < 1.29 is 4.39 Å². The Bertz CT molecular complexity index is 251. The Balaban J connectivity index is 3.09. The maximum atomic E-state index is 12.6. The maximum Gasteiger partial charge on any atom is 0.123 e. The molecule has 1 rings (SSSR count). The fourth-order valence-corrected chi connectivity index (χ4v) is 1.14. The standard InChI is InChI=1S/C10H12F/c1-7(2)10-5-4-9(11)6-8(10)3/h4-7H,3H2,1-2H3. The Labute approximate surface area is 67.1 Å². The van der Waals surface area contributed by atoms with Gasteiger partial charge in [0.1, 0.15) is 5.82 Å². The molecule has 0 saturated carbocycles. The van der Waals surface area contributed by atoms with Gasteiger partial charge in [0, 0.05) is 0 Å². The van der Waals surface area contributed by atoms with E-state index in [1.165, 1.54) is 12.1 Å². The number of rotatable bonds is 1. The predicted molar refractivity (Wildman–Crippen MR) is 44.9 cm³/mol. The van der Waals surface area contributed by atoms with Crippen LogP contribution in [0.1, 0.15) is 30.9 Å². The molecule has 0 amide bonds. The maximum absolute atomic E-state index is 12.6. The minimum absolute atomic E-state index is 0.209. The fourth-order valence-electron chi connectivity index (χ4n) is 1.14. The molecule has 1 radical (unpaired) electrons. The van der Waals surface area contributed by atoms with E-state index in [1.807, 2.05) is 0 Å². The Morgan fingerprint density at radius 1 is 1.36 bits per heavy atom. The Morgan fingerprint density at radius 3 is 2.45 bits per heavy atom. The van der Waals surface area contributed by atoms with Gasteiger partial charge in [-0.1, -0.05) is 19.9 Å². The quantitative estimate of drug-likeness (QED) is 0.578. The number of hydrogen-bond acceptors (Lipinski definition) is 0. The molecule has 0 nitrogen and oxygen atoms in total. The van der Waals surface area contributed by atoms with E-state index in [4.69, 9.17) is 0 Å². The van der Waals surface area contributed by atoms with Crippen LogP contribution in [0.25, 0.3) is 0 Å². The van der Waals surface area contributed by atoms with E-state index >= 15 is 0 Å². The van der Waals surface area contributed by atoms with Crippen molar-refractivity contribution in [2.75, 3.05) is 0 Å². The highest BCUT2D eigenvalue weighted by Crippen LogP contribution is 2.18. The molecular formula is C10H12F. The van der Waals surface area contributed by atoms with Crippen LogP contribution in [0, 0.1) is 12.7 Å². The Hall–Kier alpha value is -0.850. The van der Waals surface area contributed by atoms with Crippen LogP contribution in [-0.4, -0.2) is 0 Å². The van der Waals surface area contributed by atoms with E-state index in [1.54, 1.807) is 6.07 Å². The monoisotopic (exact) mass is 151 g/mol. The molecule has 0 bridgehead atoms. The summed E-state index contributed by atoms with van der Waals surface area (Å²) in [6.07, 6.45) is 0. The van der Waals surface area contributed by atoms with Crippen molar-refractivity contribution in [1.29, 1.82) is 0 Å². The molecule has 0 fully saturated rings. The van der Waals surface area contributed by atoms with Gasteiger partial charge in [0.05, 0.1) is 0 Å². The number of hydrogen-bond donors (Lipinski definition) is 0. The van der Waals surface area contributed by atoms with Gasteiger partial charge in [-0.3, -0.25) is 0 Å². The average Bonchev–Trinajstić information content (AvgIpc) is 1.85. The molecule has 0 aliphatic carbocycles. The van der Waals surface area contributed by atoms with Crippen LogP contribution in [0.15, 0.2) is 18.2 Å². The molecule has 0 unspecified atom stereocenters. The summed E-state index contributed by atoms with van der Waals surface area (Å²) in [6.45, 7) is 7.91. The van der Waals surface area contributed by atoms with E-state index < -0.39 is 0 Å². The first-order chi connectivity index (χ1) is 5.11. The predicted octanol–water partition coefficient (Wildman–Crippen LogP) is 3.13. The third-order valence-electron chi connectivity index (χ3n) is 1.73. The summed E-state index contributed by atoms with van der Waals surface area (Å²) in [5.74, 6) is 0.211. The Morgan fingerprint density at radius 2 is 2.00 bits per heavy atom. The van der Waals surface area contributed by atoms with Crippen molar-refractivity contribution >= 4 is 0 Å². The third-order valence-corrected chi connectivity index (χ3v) is 1.73. The van der Waals surface area contributed by atoms with Gasteiger partial charge in [-0.2, -0.15) is 0 Å². The van der Waals surface area contributed by atoms with E-state index in [2.05, 4.69) is 20.8 Å². The molecule has 1 aromatic rings. The van der Waals surface area contributed by atoms with E-state index in [9.17, 15) is 4.39 Å². The summed E-state index contributed by atoms with van der Waals surface area (Å²) in [5, 5.41) is 0. The zero-order valence-electron chi connectivity index (χ0n) is 6.89.